The van der Waals surface area contributed by atoms with Crippen LogP contribution in [-0.4, -0.2) is 31.1 Å². The van der Waals surface area contributed by atoms with Gasteiger partial charge in [-0.1, -0.05) is 37.3 Å². The summed E-state index contributed by atoms with van der Waals surface area (Å²) in [6.45, 7) is 1.80. The van der Waals surface area contributed by atoms with Crippen LogP contribution in [0.3, 0.4) is 0 Å². The minimum atomic E-state index is -0.680. The summed E-state index contributed by atoms with van der Waals surface area (Å²) in [6, 6.07) is 8.18. The van der Waals surface area contributed by atoms with E-state index in [1.165, 1.54) is 7.11 Å². The molecule has 104 valence electrons. The van der Waals surface area contributed by atoms with Crippen LogP contribution in [0.1, 0.15) is 18.9 Å². The van der Waals surface area contributed by atoms with Gasteiger partial charge in [0.15, 0.2) is 0 Å². The Morgan fingerprint density at radius 1 is 1.32 bits per heavy atom. The molecule has 1 aromatic carbocycles. The molecule has 0 saturated carbocycles. The van der Waals surface area contributed by atoms with Crippen molar-refractivity contribution in [3.05, 3.63) is 35.9 Å². The van der Waals surface area contributed by atoms with Gasteiger partial charge in [-0.15, -0.1) is 0 Å². The predicted molar refractivity (Wildman–Crippen MR) is 72.4 cm³/mol. The van der Waals surface area contributed by atoms with E-state index in [2.05, 4.69) is 10.1 Å². The maximum atomic E-state index is 11.9. The van der Waals surface area contributed by atoms with Gasteiger partial charge in [0.1, 0.15) is 6.04 Å². The highest BCUT2D eigenvalue weighted by Gasteiger charge is 2.22. The van der Waals surface area contributed by atoms with Crippen molar-refractivity contribution in [1.29, 1.82) is 0 Å². The van der Waals surface area contributed by atoms with Gasteiger partial charge in [0.05, 0.1) is 13.2 Å². The van der Waals surface area contributed by atoms with Crippen LogP contribution in [0.2, 0.25) is 0 Å². The highest BCUT2D eigenvalue weighted by atomic mass is 16.5. The molecule has 0 radical (unpaired) electrons. The van der Waals surface area contributed by atoms with E-state index in [-0.39, 0.29) is 5.91 Å². The molecule has 0 fully saturated rings. The van der Waals surface area contributed by atoms with Gasteiger partial charge in [-0.25, -0.2) is 4.79 Å². The molecule has 0 bridgehead atoms. The Bertz CT molecular complexity index is 420. The van der Waals surface area contributed by atoms with Crippen LogP contribution in [0.25, 0.3) is 0 Å². The number of benzene rings is 1. The van der Waals surface area contributed by atoms with Crippen LogP contribution in [-0.2, 0) is 20.7 Å². The van der Waals surface area contributed by atoms with Crippen molar-refractivity contribution >= 4 is 11.9 Å². The van der Waals surface area contributed by atoms with Gasteiger partial charge in [0.25, 0.3) is 0 Å². The first kappa shape index (κ1) is 15.2. The summed E-state index contributed by atoms with van der Waals surface area (Å²) < 4.78 is 4.61. The zero-order valence-electron chi connectivity index (χ0n) is 11.3. The third-order valence-corrected chi connectivity index (χ3v) is 2.85. The van der Waals surface area contributed by atoms with E-state index in [1.807, 2.05) is 30.3 Å². The highest BCUT2D eigenvalue weighted by molar-refractivity contribution is 5.87. The quantitative estimate of drug-likeness (QED) is 0.738. The maximum absolute atomic E-state index is 11.9. The minimum Gasteiger partial charge on any atom is -0.467 e. The van der Waals surface area contributed by atoms with E-state index in [0.29, 0.717) is 12.8 Å². The first-order valence-corrected chi connectivity index (χ1v) is 6.26. The van der Waals surface area contributed by atoms with Crippen molar-refractivity contribution in [2.45, 2.75) is 31.8 Å². The normalized spacial score (nSPS) is 13.4. The van der Waals surface area contributed by atoms with Crippen molar-refractivity contribution in [2.24, 2.45) is 5.73 Å². The SMILES string of the molecule is CCC(NC(=O)[C@@H](N)Cc1ccccc1)C(=O)OC. The third kappa shape index (κ3) is 4.71. The minimum absolute atomic E-state index is 0.346. The number of ether oxygens (including phenoxy) is 1. The van der Waals surface area contributed by atoms with Crippen molar-refractivity contribution in [1.82, 2.24) is 5.32 Å². The molecule has 2 atom stereocenters. The number of hydrogen-bond acceptors (Lipinski definition) is 4. The number of amides is 1. The smallest absolute Gasteiger partial charge is 0.328 e. The first-order chi connectivity index (χ1) is 9.08. The third-order valence-electron chi connectivity index (χ3n) is 2.85. The summed E-state index contributed by atoms with van der Waals surface area (Å²) in [5.41, 5.74) is 6.81. The van der Waals surface area contributed by atoms with E-state index in [1.54, 1.807) is 6.92 Å². The Morgan fingerprint density at radius 2 is 1.95 bits per heavy atom. The van der Waals surface area contributed by atoms with E-state index in [0.717, 1.165) is 5.56 Å². The zero-order chi connectivity index (χ0) is 14.3. The Hall–Kier alpha value is -1.88. The number of nitrogens with two attached hydrogens (primary N) is 1. The number of rotatable bonds is 6. The lowest BCUT2D eigenvalue weighted by Crippen LogP contribution is -2.49. The molecule has 1 unspecified atom stereocenters. The molecule has 0 aromatic heterocycles. The van der Waals surface area contributed by atoms with Crippen molar-refractivity contribution in [2.75, 3.05) is 7.11 Å². The van der Waals surface area contributed by atoms with Crippen LogP contribution in [0.5, 0.6) is 0 Å². The van der Waals surface area contributed by atoms with Crippen molar-refractivity contribution < 1.29 is 14.3 Å². The molecule has 5 heteroatoms. The molecule has 0 aliphatic rings. The summed E-state index contributed by atoms with van der Waals surface area (Å²) >= 11 is 0. The number of nitrogens with one attached hydrogen (secondary N) is 1. The van der Waals surface area contributed by atoms with Gasteiger partial charge in [0.2, 0.25) is 5.91 Å². The van der Waals surface area contributed by atoms with E-state index in [4.69, 9.17) is 5.73 Å². The fourth-order valence-corrected chi connectivity index (χ4v) is 1.71. The molecular formula is C14H20N2O3. The van der Waals surface area contributed by atoms with E-state index >= 15 is 0 Å². The number of carbonyl (C=O) groups is 2. The second kappa shape index (κ2) is 7.53. The molecule has 0 heterocycles. The van der Waals surface area contributed by atoms with Gasteiger partial charge >= 0.3 is 5.97 Å². The molecular weight excluding hydrogens is 244 g/mol. The average molecular weight is 264 g/mol. The van der Waals surface area contributed by atoms with Crippen LogP contribution in [0.15, 0.2) is 30.3 Å². The zero-order valence-corrected chi connectivity index (χ0v) is 11.3. The highest BCUT2D eigenvalue weighted by Crippen LogP contribution is 2.03. The lowest BCUT2D eigenvalue weighted by Gasteiger charge is -2.17. The monoisotopic (exact) mass is 264 g/mol. The number of methoxy groups -OCH3 is 1. The Kier molecular flexibility index (Phi) is 6.02. The van der Waals surface area contributed by atoms with Crippen LogP contribution in [0, 0.1) is 0 Å². The largest absolute Gasteiger partial charge is 0.467 e. The molecule has 0 saturated heterocycles. The fourth-order valence-electron chi connectivity index (χ4n) is 1.71. The molecule has 1 rings (SSSR count). The predicted octanol–water partition coefficient (Wildman–Crippen LogP) is 0.624. The van der Waals surface area contributed by atoms with Crippen molar-refractivity contribution in [3.8, 4) is 0 Å². The van der Waals surface area contributed by atoms with Crippen LogP contribution in [0.4, 0.5) is 0 Å². The first-order valence-electron chi connectivity index (χ1n) is 6.26. The standard InChI is InChI=1S/C14H20N2O3/c1-3-12(14(18)19-2)16-13(17)11(15)9-10-7-5-4-6-8-10/h4-8,11-12H,3,9,15H2,1-2H3,(H,16,17)/t11-,12?/m0/s1. The van der Waals surface area contributed by atoms with Gasteiger partial charge in [0, 0.05) is 0 Å². The number of hydrogen-bond donors (Lipinski definition) is 2. The number of carbonyl (C=O) groups excluding carboxylic acids is 2. The molecule has 5 nitrogen and oxygen atoms in total. The van der Waals surface area contributed by atoms with Gasteiger partial charge < -0.3 is 15.8 Å². The van der Waals surface area contributed by atoms with Gasteiger partial charge in [-0.05, 0) is 18.4 Å². The molecule has 1 aromatic rings. The summed E-state index contributed by atoms with van der Waals surface area (Å²) in [7, 11) is 1.29. The molecule has 3 N–H and O–H groups in total. The molecule has 1 amide bonds. The lowest BCUT2D eigenvalue weighted by atomic mass is 10.1. The molecule has 0 aliphatic carbocycles. The average Bonchev–Trinajstić information content (AvgIpc) is 2.44. The van der Waals surface area contributed by atoms with Gasteiger partial charge in [-0.2, -0.15) is 0 Å². The topological polar surface area (TPSA) is 81.4 Å². The van der Waals surface area contributed by atoms with E-state index in [9.17, 15) is 9.59 Å². The lowest BCUT2D eigenvalue weighted by molar-refractivity contribution is -0.145. The van der Waals surface area contributed by atoms with Crippen LogP contribution >= 0.6 is 0 Å². The number of esters is 1. The summed E-state index contributed by atoms with van der Waals surface area (Å²) in [4.78, 5) is 23.3. The maximum Gasteiger partial charge on any atom is 0.328 e. The summed E-state index contributed by atoms with van der Waals surface area (Å²) in [5, 5.41) is 2.60. The van der Waals surface area contributed by atoms with Gasteiger partial charge in [-0.3, -0.25) is 4.79 Å². The molecule has 0 aliphatic heterocycles. The summed E-state index contributed by atoms with van der Waals surface area (Å²) in [6.07, 6.45) is 0.904. The summed E-state index contributed by atoms with van der Waals surface area (Å²) in [5.74, 6) is -0.802. The van der Waals surface area contributed by atoms with Crippen LogP contribution < -0.4 is 11.1 Å². The second-order valence-corrected chi connectivity index (χ2v) is 4.29. The Morgan fingerprint density at radius 3 is 2.47 bits per heavy atom. The molecule has 0 spiro atoms. The molecule has 19 heavy (non-hydrogen) atoms. The Labute approximate surface area is 113 Å². The Balaban J connectivity index is 2.55. The fraction of sp³-hybridized carbons (Fsp3) is 0.429. The second-order valence-electron chi connectivity index (χ2n) is 4.29. The van der Waals surface area contributed by atoms with E-state index < -0.39 is 18.1 Å². The van der Waals surface area contributed by atoms with Crippen molar-refractivity contribution in [3.63, 3.8) is 0 Å².